The van der Waals surface area contributed by atoms with Gasteiger partial charge in [0.2, 0.25) is 20.0 Å². The lowest BCUT2D eigenvalue weighted by atomic mass is 9.94. The van der Waals surface area contributed by atoms with Crippen LogP contribution in [0.2, 0.25) is 0 Å². The Morgan fingerprint density at radius 3 is 2.08 bits per heavy atom. The van der Waals surface area contributed by atoms with Crippen LogP contribution in [0.4, 0.5) is 11.6 Å². The standard InChI is InChI=1S/C14H20N4O6S2/c1-25(21,22)18(26(2,23)24)10-9-15-11(13(19)20)12(16-10)17-7-5-14(3-4-14)6-8-17/h9H,3-8H2,1-2H3,(H,19,20). The van der Waals surface area contributed by atoms with Gasteiger partial charge in [-0.15, -0.1) is 3.71 Å². The number of nitrogens with zero attached hydrogens (tertiary/aromatic N) is 4. The lowest BCUT2D eigenvalue weighted by Crippen LogP contribution is -2.38. The Hall–Kier alpha value is -1.95. The van der Waals surface area contributed by atoms with Crippen molar-refractivity contribution in [1.82, 2.24) is 9.97 Å². The molecule has 1 N–H and O–H groups in total. The maximum absolute atomic E-state index is 11.9. The smallest absolute Gasteiger partial charge is 0.358 e. The van der Waals surface area contributed by atoms with Crippen LogP contribution in [0.15, 0.2) is 6.20 Å². The topological polar surface area (TPSA) is 138 Å². The van der Waals surface area contributed by atoms with Crippen molar-refractivity contribution in [2.24, 2.45) is 5.41 Å². The number of carboxylic acid groups (broad SMARTS) is 1. The number of hydrogen-bond donors (Lipinski definition) is 1. The number of piperidine rings is 1. The third-order valence-corrected chi connectivity index (χ3v) is 8.02. The first-order valence-corrected chi connectivity index (χ1v) is 11.7. The molecule has 1 aliphatic heterocycles. The fraction of sp³-hybridized carbons (Fsp3) is 0.643. The number of sulfonamides is 2. The Bertz CT molecular complexity index is 914. The second-order valence-corrected chi connectivity index (χ2v) is 10.8. The molecule has 0 amide bonds. The zero-order valence-electron chi connectivity index (χ0n) is 14.4. The molecule has 10 nitrogen and oxygen atoms in total. The van der Waals surface area contributed by atoms with E-state index in [0.717, 1.165) is 44.4 Å². The molecule has 0 unspecified atom stereocenters. The largest absolute Gasteiger partial charge is 0.476 e. The van der Waals surface area contributed by atoms with Crippen molar-refractivity contribution in [2.45, 2.75) is 25.7 Å². The molecule has 0 aromatic carbocycles. The predicted octanol–water partition coefficient (Wildman–Crippen LogP) is 0.281. The van der Waals surface area contributed by atoms with E-state index in [1.54, 1.807) is 4.90 Å². The lowest BCUT2D eigenvalue weighted by molar-refractivity contribution is 0.0690. The average Bonchev–Trinajstić information content (AvgIpc) is 3.24. The van der Waals surface area contributed by atoms with E-state index in [1.165, 1.54) is 0 Å². The molecule has 3 rings (SSSR count). The summed E-state index contributed by atoms with van der Waals surface area (Å²) >= 11 is 0. The Balaban J connectivity index is 2.05. The van der Waals surface area contributed by atoms with E-state index in [2.05, 4.69) is 9.97 Å². The van der Waals surface area contributed by atoms with Crippen molar-refractivity contribution >= 4 is 37.7 Å². The number of anilines is 2. The van der Waals surface area contributed by atoms with Crippen molar-refractivity contribution in [3.05, 3.63) is 11.9 Å². The van der Waals surface area contributed by atoms with Crippen LogP contribution in [0, 0.1) is 5.41 Å². The van der Waals surface area contributed by atoms with Crippen molar-refractivity contribution in [1.29, 1.82) is 0 Å². The lowest BCUT2D eigenvalue weighted by Gasteiger charge is -2.33. The third kappa shape index (κ3) is 3.61. The van der Waals surface area contributed by atoms with Crippen LogP contribution >= 0.6 is 0 Å². The molecule has 2 fully saturated rings. The highest BCUT2D eigenvalue weighted by Crippen LogP contribution is 2.53. The first-order chi connectivity index (χ1) is 11.9. The van der Waals surface area contributed by atoms with E-state index in [-0.39, 0.29) is 15.2 Å². The summed E-state index contributed by atoms with van der Waals surface area (Å²) in [7, 11) is -8.38. The van der Waals surface area contributed by atoms with Gasteiger partial charge in [0.05, 0.1) is 18.7 Å². The summed E-state index contributed by atoms with van der Waals surface area (Å²) in [5.41, 5.74) is 0.0127. The van der Waals surface area contributed by atoms with E-state index in [4.69, 9.17) is 0 Å². The zero-order valence-corrected chi connectivity index (χ0v) is 16.0. The second-order valence-electron chi connectivity index (χ2n) is 6.92. The summed E-state index contributed by atoms with van der Waals surface area (Å²) in [5, 5.41) is 9.38. The van der Waals surface area contributed by atoms with Crippen LogP contribution in [0.1, 0.15) is 36.2 Å². The number of carboxylic acids is 1. The van der Waals surface area contributed by atoms with Crippen LogP contribution in [0.5, 0.6) is 0 Å². The van der Waals surface area contributed by atoms with E-state index < -0.39 is 31.8 Å². The number of hydrogen-bond acceptors (Lipinski definition) is 8. The molecular formula is C14H20N4O6S2. The molecule has 12 heteroatoms. The molecule has 0 radical (unpaired) electrons. The molecule has 1 aromatic rings. The van der Waals surface area contributed by atoms with Gasteiger partial charge in [-0.25, -0.2) is 31.6 Å². The molecular weight excluding hydrogens is 384 g/mol. The van der Waals surface area contributed by atoms with Crippen LogP contribution in [-0.2, 0) is 20.0 Å². The molecule has 26 heavy (non-hydrogen) atoms. The van der Waals surface area contributed by atoms with Gasteiger partial charge in [-0.05, 0) is 31.1 Å². The quantitative estimate of drug-likeness (QED) is 0.733. The molecule has 0 atom stereocenters. The van der Waals surface area contributed by atoms with E-state index >= 15 is 0 Å². The summed E-state index contributed by atoms with van der Waals surface area (Å²) in [5.74, 6) is -1.76. The Morgan fingerprint density at radius 1 is 1.12 bits per heavy atom. The van der Waals surface area contributed by atoms with Crippen molar-refractivity contribution in [3.8, 4) is 0 Å². The first-order valence-electron chi connectivity index (χ1n) is 7.99. The second kappa shape index (κ2) is 6.05. The highest BCUT2D eigenvalue weighted by atomic mass is 32.3. The highest BCUT2D eigenvalue weighted by Gasteiger charge is 2.45. The highest BCUT2D eigenvalue weighted by molar-refractivity contribution is 8.09. The summed E-state index contributed by atoms with van der Waals surface area (Å²) in [6.45, 7) is 1.13. The molecule has 1 saturated carbocycles. The Labute approximate surface area is 152 Å². The third-order valence-electron chi connectivity index (χ3n) is 4.81. The number of rotatable bonds is 5. The number of aromatic nitrogens is 2. The number of aromatic carboxylic acids is 1. The van der Waals surface area contributed by atoms with Gasteiger partial charge in [0, 0.05) is 13.1 Å². The van der Waals surface area contributed by atoms with Crippen molar-refractivity contribution < 1.29 is 26.7 Å². The fourth-order valence-electron chi connectivity index (χ4n) is 3.29. The molecule has 1 spiro atoms. The minimum absolute atomic E-state index is 0.0113. The molecule has 144 valence electrons. The van der Waals surface area contributed by atoms with Gasteiger partial charge in [0.1, 0.15) is 0 Å². The minimum atomic E-state index is -4.19. The Kier molecular flexibility index (Phi) is 4.38. The van der Waals surface area contributed by atoms with Gasteiger partial charge in [-0.2, -0.15) is 0 Å². The van der Waals surface area contributed by atoms with Crippen molar-refractivity contribution in [2.75, 3.05) is 34.2 Å². The van der Waals surface area contributed by atoms with E-state index in [1.807, 2.05) is 0 Å². The van der Waals surface area contributed by atoms with Gasteiger partial charge in [-0.1, -0.05) is 0 Å². The average molecular weight is 404 g/mol. The molecule has 2 aliphatic rings. The zero-order chi connectivity index (χ0) is 19.3. The maximum atomic E-state index is 11.9. The van der Waals surface area contributed by atoms with Crippen LogP contribution in [0.3, 0.4) is 0 Å². The monoisotopic (exact) mass is 404 g/mol. The van der Waals surface area contributed by atoms with Gasteiger partial charge >= 0.3 is 5.97 Å². The molecule has 2 heterocycles. The van der Waals surface area contributed by atoms with Crippen LogP contribution < -0.4 is 8.61 Å². The van der Waals surface area contributed by atoms with Gasteiger partial charge in [-0.3, -0.25) is 0 Å². The van der Waals surface area contributed by atoms with Crippen molar-refractivity contribution in [3.63, 3.8) is 0 Å². The van der Waals surface area contributed by atoms with Crippen LogP contribution in [0.25, 0.3) is 0 Å². The normalized spacial score (nSPS) is 19.4. The predicted molar refractivity (Wildman–Crippen MR) is 94.3 cm³/mol. The van der Waals surface area contributed by atoms with Crippen LogP contribution in [-0.4, -0.2) is 63.5 Å². The molecule has 0 bridgehead atoms. The van der Waals surface area contributed by atoms with E-state index in [9.17, 15) is 26.7 Å². The maximum Gasteiger partial charge on any atom is 0.358 e. The molecule has 1 aliphatic carbocycles. The first kappa shape index (κ1) is 18.8. The van der Waals surface area contributed by atoms with E-state index in [0.29, 0.717) is 18.5 Å². The van der Waals surface area contributed by atoms with Gasteiger partial charge in [0.25, 0.3) is 0 Å². The SMILES string of the molecule is CS(=O)(=O)N(c1cnc(C(=O)O)c(N2CCC3(CC2)CC3)n1)S(C)(=O)=O. The Morgan fingerprint density at radius 2 is 1.65 bits per heavy atom. The molecule has 1 saturated heterocycles. The minimum Gasteiger partial charge on any atom is -0.476 e. The van der Waals surface area contributed by atoms with Gasteiger partial charge < -0.3 is 10.0 Å². The summed E-state index contributed by atoms with van der Waals surface area (Å²) in [6, 6.07) is 0. The summed E-state index contributed by atoms with van der Waals surface area (Å²) in [4.78, 5) is 21.1. The summed E-state index contributed by atoms with van der Waals surface area (Å²) < 4.78 is 47.9. The molecule has 1 aromatic heterocycles. The summed E-state index contributed by atoms with van der Waals surface area (Å²) in [6.07, 6.45) is 6.42. The fourth-order valence-corrected chi connectivity index (χ4v) is 6.11. The van der Waals surface area contributed by atoms with Gasteiger partial charge in [0.15, 0.2) is 17.3 Å². The number of carbonyl (C=O) groups is 1.